The van der Waals surface area contributed by atoms with Crippen LogP contribution < -0.4 is 5.32 Å². The van der Waals surface area contributed by atoms with Gasteiger partial charge >= 0.3 is 0 Å². The van der Waals surface area contributed by atoms with Gasteiger partial charge in [0.1, 0.15) is 0 Å². The topological polar surface area (TPSA) is 42.0 Å². The minimum atomic E-state index is -0.101. The van der Waals surface area contributed by atoms with E-state index in [1.807, 2.05) is 38.1 Å². The Balaban J connectivity index is 2.06. The summed E-state index contributed by atoms with van der Waals surface area (Å²) in [6.07, 6.45) is 3.22. The van der Waals surface area contributed by atoms with Crippen molar-refractivity contribution < 1.29 is 4.79 Å². The van der Waals surface area contributed by atoms with Crippen LogP contribution in [0.25, 0.3) is 0 Å². The first-order valence-electron chi connectivity index (χ1n) is 5.94. The minimum Gasteiger partial charge on any atom is -0.345 e. The standard InChI is InChI=1S/C15H16N2O/c1-11-5-7-13(8-6-11)12(2)17-15(18)14-4-3-9-16-10-14/h3-10,12H,1-2H3,(H,17,18)/t12-/m0/s1. The lowest BCUT2D eigenvalue weighted by atomic mass is 10.1. The Morgan fingerprint density at radius 2 is 1.94 bits per heavy atom. The van der Waals surface area contributed by atoms with Gasteiger partial charge in [0, 0.05) is 12.4 Å². The molecule has 1 N–H and O–H groups in total. The molecule has 0 radical (unpaired) electrons. The van der Waals surface area contributed by atoms with Crippen molar-refractivity contribution in [1.29, 1.82) is 0 Å². The highest BCUT2D eigenvalue weighted by molar-refractivity contribution is 5.94. The largest absolute Gasteiger partial charge is 0.345 e. The first-order chi connectivity index (χ1) is 8.66. The molecule has 0 fully saturated rings. The number of carbonyl (C=O) groups excluding carboxylic acids is 1. The average Bonchev–Trinajstić information content (AvgIpc) is 2.40. The van der Waals surface area contributed by atoms with Crippen molar-refractivity contribution in [3.63, 3.8) is 0 Å². The number of aromatic nitrogens is 1. The molecule has 1 heterocycles. The molecule has 2 rings (SSSR count). The summed E-state index contributed by atoms with van der Waals surface area (Å²) < 4.78 is 0. The molecule has 0 aliphatic rings. The molecule has 18 heavy (non-hydrogen) atoms. The minimum absolute atomic E-state index is 0.0155. The second kappa shape index (κ2) is 5.45. The van der Waals surface area contributed by atoms with Crippen LogP contribution in [0.1, 0.15) is 34.5 Å². The van der Waals surface area contributed by atoms with E-state index < -0.39 is 0 Å². The van der Waals surface area contributed by atoms with Crippen LogP contribution in [0, 0.1) is 6.92 Å². The molecular formula is C15H16N2O. The van der Waals surface area contributed by atoms with Gasteiger partial charge in [-0.1, -0.05) is 29.8 Å². The number of hydrogen-bond acceptors (Lipinski definition) is 2. The molecule has 0 bridgehead atoms. The number of nitrogens with zero attached hydrogens (tertiary/aromatic N) is 1. The first-order valence-corrected chi connectivity index (χ1v) is 5.94. The highest BCUT2D eigenvalue weighted by Gasteiger charge is 2.10. The zero-order valence-corrected chi connectivity index (χ0v) is 10.6. The van der Waals surface area contributed by atoms with Gasteiger partial charge in [0.05, 0.1) is 11.6 Å². The zero-order chi connectivity index (χ0) is 13.0. The van der Waals surface area contributed by atoms with Gasteiger partial charge in [-0.15, -0.1) is 0 Å². The molecule has 0 aliphatic carbocycles. The smallest absolute Gasteiger partial charge is 0.253 e. The molecular weight excluding hydrogens is 224 g/mol. The van der Waals surface area contributed by atoms with E-state index in [0.717, 1.165) is 5.56 Å². The fourth-order valence-electron chi connectivity index (χ4n) is 1.72. The molecule has 1 aromatic carbocycles. The number of nitrogens with one attached hydrogen (secondary N) is 1. The van der Waals surface area contributed by atoms with Crippen molar-refractivity contribution in [1.82, 2.24) is 10.3 Å². The fraction of sp³-hybridized carbons (Fsp3) is 0.200. The summed E-state index contributed by atoms with van der Waals surface area (Å²) in [6.45, 7) is 4.02. The summed E-state index contributed by atoms with van der Waals surface area (Å²) in [7, 11) is 0. The van der Waals surface area contributed by atoms with Crippen LogP contribution in [0.5, 0.6) is 0 Å². The highest BCUT2D eigenvalue weighted by atomic mass is 16.1. The normalized spacial score (nSPS) is 11.9. The van der Waals surface area contributed by atoms with Gasteiger partial charge in [-0.3, -0.25) is 9.78 Å². The second-order valence-electron chi connectivity index (χ2n) is 4.35. The summed E-state index contributed by atoms with van der Waals surface area (Å²) in [5.41, 5.74) is 2.89. The van der Waals surface area contributed by atoms with E-state index in [-0.39, 0.29) is 11.9 Å². The lowest BCUT2D eigenvalue weighted by Gasteiger charge is -2.14. The fourth-order valence-corrected chi connectivity index (χ4v) is 1.72. The van der Waals surface area contributed by atoms with Gasteiger partial charge < -0.3 is 5.32 Å². The molecule has 0 unspecified atom stereocenters. The number of pyridine rings is 1. The van der Waals surface area contributed by atoms with E-state index in [2.05, 4.69) is 10.3 Å². The average molecular weight is 240 g/mol. The van der Waals surface area contributed by atoms with Crippen LogP contribution in [0.3, 0.4) is 0 Å². The lowest BCUT2D eigenvalue weighted by Crippen LogP contribution is -2.26. The Labute approximate surface area is 107 Å². The van der Waals surface area contributed by atoms with Crippen LogP contribution in [0.15, 0.2) is 48.8 Å². The summed E-state index contributed by atoms with van der Waals surface area (Å²) in [5.74, 6) is -0.101. The maximum Gasteiger partial charge on any atom is 0.253 e. The summed E-state index contributed by atoms with van der Waals surface area (Å²) >= 11 is 0. The van der Waals surface area contributed by atoms with Crippen LogP contribution in [-0.4, -0.2) is 10.9 Å². The van der Waals surface area contributed by atoms with E-state index >= 15 is 0 Å². The highest BCUT2D eigenvalue weighted by Crippen LogP contribution is 2.13. The molecule has 92 valence electrons. The van der Waals surface area contributed by atoms with Crippen LogP contribution in [0.2, 0.25) is 0 Å². The van der Waals surface area contributed by atoms with E-state index in [0.29, 0.717) is 5.56 Å². The summed E-state index contributed by atoms with van der Waals surface area (Å²) in [4.78, 5) is 15.9. The Morgan fingerprint density at radius 3 is 2.56 bits per heavy atom. The number of amides is 1. The molecule has 1 aromatic heterocycles. The van der Waals surface area contributed by atoms with E-state index in [1.54, 1.807) is 24.5 Å². The van der Waals surface area contributed by atoms with Crippen molar-refractivity contribution in [2.75, 3.05) is 0 Å². The molecule has 1 amide bonds. The number of aryl methyl sites for hydroxylation is 1. The lowest BCUT2D eigenvalue weighted by molar-refractivity contribution is 0.0939. The van der Waals surface area contributed by atoms with Gasteiger partial charge in [-0.05, 0) is 31.5 Å². The molecule has 0 saturated heterocycles. The molecule has 2 aromatic rings. The number of benzene rings is 1. The maximum absolute atomic E-state index is 11.9. The molecule has 3 heteroatoms. The predicted octanol–water partition coefficient (Wildman–Crippen LogP) is 2.88. The number of hydrogen-bond donors (Lipinski definition) is 1. The second-order valence-corrected chi connectivity index (χ2v) is 4.35. The van der Waals surface area contributed by atoms with Crippen LogP contribution >= 0.6 is 0 Å². The molecule has 3 nitrogen and oxygen atoms in total. The van der Waals surface area contributed by atoms with Crippen molar-refractivity contribution in [2.45, 2.75) is 19.9 Å². The Hall–Kier alpha value is -2.16. The van der Waals surface area contributed by atoms with Crippen molar-refractivity contribution in [2.24, 2.45) is 0 Å². The predicted molar refractivity (Wildman–Crippen MR) is 71.3 cm³/mol. The van der Waals surface area contributed by atoms with Crippen LogP contribution in [-0.2, 0) is 0 Å². The molecule has 0 spiro atoms. The van der Waals surface area contributed by atoms with Gasteiger partial charge in [-0.2, -0.15) is 0 Å². The Bertz CT molecular complexity index is 520. The molecule has 0 saturated carbocycles. The first kappa shape index (κ1) is 12.3. The van der Waals surface area contributed by atoms with Gasteiger partial charge in [0.2, 0.25) is 0 Å². The van der Waals surface area contributed by atoms with Crippen LogP contribution in [0.4, 0.5) is 0 Å². The summed E-state index contributed by atoms with van der Waals surface area (Å²) in [6, 6.07) is 11.6. The Kier molecular flexibility index (Phi) is 3.72. The number of carbonyl (C=O) groups is 1. The van der Waals surface area contributed by atoms with Gasteiger partial charge in [0.15, 0.2) is 0 Å². The van der Waals surface area contributed by atoms with E-state index in [1.165, 1.54) is 5.56 Å². The summed E-state index contributed by atoms with van der Waals surface area (Å²) in [5, 5.41) is 2.95. The third-order valence-electron chi connectivity index (χ3n) is 2.85. The third-order valence-corrected chi connectivity index (χ3v) is 2.85. The van der Waals surface area contributed by atoms with E-state index in [4.69, 9.17) is 0 Å². The van der Waals surface area contributed by atoms with Gasteiger partial charge in [-0.25, -0.2) is 0 Å². The quantitative estimate of drug-likeness (QED) is 0.896. The van der Waals surface area contributed by atoms with Crippen molar-refractivity contribution in [3.05, 3.63) is 65.5 Å². The van der Waals surface area contributed by atoms with Gasteiger partial charge in [0.25, 0.3) is 5.91 Å². The molecule has 1 atom stereocenters. The molecule has 0 aliphatic heterocycles. The number of rotatable bonds is 3. The monoisotopic (exact) mass is 240 g/mol. The zero-order valence-electron chi connectivity index (χ0n) is 10.6. The Morgan fingerprint density at radius 1 is 1.22 bits per heavy atom. The van der Waals surface area contributed by atoms with Crippen molar-refractivity contribution in [3.8, 4) is 0 Å². The third kappa shape index (κ3) is 2.94. The SMILES string of the molecule is Cc1ccc([C@H](C)NC(=O)c2cccnc2)cc1. The van der Waals surface area contributed by atoms with Crippen molar-refractivity contribution >= 4 is 5.91 Å². The van der Waals surface area contributed by atoms with E-state index in [9.17, 15) is 4.79 Å². The maximum atomic E-state index is 11.9.